The predicted octanol–water partition coefficient (Wildman–Crippen LogP) is 3.07. The fraction of sp³-hybridized carbons (Fsp3) is 0.333. The van der Waals surface area contributed by atoms with Crippen LogP contribution in [0.3, 0.4) is 0 Å². The van der Waals surface area contributed by atoms with Crippen molar-refractivity contribution in [1.29, 1.82) is 0 Å². The summed E-state index contributed by atoms with van der Waals surface area (Å²) in [6.07, 6.45) is 1.81. The van der Waals surface area contributed by atoms with Crippen LogP contribution in [0.4, 0.5) is 0 Å². The lowest BCUT2D eigenvalue weighted by molar-refractivity contribution is 0.220. The second-order valence-corrected chi connectivity index (χ2v) is 5.92. The van der Waals surface area contributed by atoms with Crippen molar-refractivity contribution >= 4 is 0 Å². The quantitative estimate of drug-likeness (QED) is 0.894. The molecule has 0 aliphatic heterocycles. The van der Waals surface area contributed by atoms with Gasteiger partial charge >= 0.3 is 0 Å². The number of hydrogen-bond donors (Lipinski definition) is 2. The largest absolute Gasteiger partial charge is 0.384 e. The van der Waals surface area contributed by atoms with E-state index in [4.69, 9.17) is 5.73 Å². The third-order valence-electron chi connectivity index (χ3n) is 4.44. The Labute approximate surface area is 120 Å². The van der Waals surface area contributed by atoms with Crippen LogP contribution in [0.15, 0.2) is 48.5 Å². The molecular weight excluding hydrogens is 246 g/mol. The summed E-state index contributed by atoms with van der Waals surface area (Å²) in [5, 5.41) is 10.5. The average Bonchev–Trinajstić information content (AvgIpc) is 3.28. The van der Waals surface area contributed by atoms with Crippen molar-refractivity contribution in [1.82, 2.24) is 0 Å². The summed E-state index contributed by atoms with van der Waals surface area (Å²) in [4.78, 5) is 0. The van der Waals surface area contributed by atoms with Crippen molar-refractivity contribution in [2.45, 2.75) is 31.3 Å². The van der Waals surface area contributed by atoms with Crippen molar-refractivity contribution in [2.24, 2.45) is 5.73 Å². The zero-order chi connectivity index (χ0) is 14.2. The first-order valence-electron chi connectivity index (χ1n) is 7.20. The number of benzene rings is 2. The lowest BCUT2D eigenvalue weighted by atomic mass is 9.93. The monoisotopic (exact) mass is 267 g/mol. The van der Waals surface area contributed by atoms with E-state index in [2.05, 4.69) is 12.1 Å². The van der Waals surface area contributed by atoms with Gasteiger partial charge in [0, 0.05) is 12.0 Å². The average molecular weight is 267 g/mol. The number of aliphatic hydroxyl groups excluding tert-OH is 1. The molecule has 3 rings (SSSR count). The van der Waals surface area contributed by atoms with Gasteiger partial charge in [0.05, 0.1) is 0 Å². The molecule has 0 amide bonds. The van der Waals surface area contributed by atoms with E-state index in [0.717, 1.165) is 11.1 Å². The molecule has 0 spiro atoms. The fourth-order valence-corrected chi connectivity index (χ4v) is 2.81. The number of aliphatic hydroxyl groups is 1. The summed E-state index contributed by atoms with van der Waals surface area (Å²) < 4.78 is 0. The molecule has 2 aromatic rings. The van der Waals surface area contributed by atoms with Crippen molar-refractivity contribution in [2.75, 3.05) is 6.54 Å². The molecular formula is C18H21NO. The van der Waals surface area contributed by atoms with Crippen LogP contribution in [-0.4, -0.2) is 11.7 Å². The zero-order valence-electron chi connectivity index (χ0n) is 11.8. The number of hydrogen-bond acceptors (Lipinski definition) is 2. The van der Waals surface area contributed by atoms with Gasteiger partial charge in [0.1, 0.15) is 6.10 Å². The van der Waals surface area contributed by atoms with Crippen LogP contribution in [0.2, 0.25) is 0 Å². The van der Waals surface area contributed by atoms with E-state index in [1.165, 1.54) is 24.0 Å². The van der Waals surface area contributed by atoms with Crippen LogP contribution in [0.5, 0.6) is 0 Å². The topological polar surface area (TPSA) is 46.2 Å². The van der Waals surface area contributed by atoms with E-state index in [9.17, 15) is 5.11 Å². The number of nitrogens with two attached hydrogens (primary N) is 1. The number of aryl methyl sites for hydroxylation is 1. The summed E-state index contributed by atoms with van der Waals surface area (Å²) in [7, 11) is 0. The molecule has 20 heavy (non-hydrogen) atoms. The molecule has 104 valence electrons. The predicted molar refractivity (Wildman–Crippen MR) is 81.6 cm³/mol. The lowest BCUT2D eigenvalue weighted by Gasteiger charge is -2.16. The highest BCUT2D eigenvalue weighted by Crippen LogP contribution is 2.47. The summed E-state index contributed by atoms with van der Waals surface area (Å²) in [5.41, 5.74) is 10.4. The molecule has 1 aliphatic carbocycles. The van der Waals surface area contributed by atoms with Crippen LogP contribution < -0.4 is 5.73 Å². The normalized spacial score (nSPS) is 17.8. The molecule has 1 atom stereocenters. The van der Waals surface area contributed by atoms with Gasteiger partial charge in [-0.25, -0.2) is 0 Å². The Hall–Kier alpha value is -1.64. The third kappa shape index (κ3) is 2.37. The molecule has 2 heteroatoms. The van der Waals surface area contributed by atoms with Crippen LogP contribution in [0, 0.1) is 6.92 Å². The van der Waals surface area contributed by atoms with Crippen LogP contribution in [-0.2, 0) is 5.41 Å². The fourth-order valence-electron chi connectivity index (χ4n) is 2.81. The second-order valence-electron chi connectivity index (χ2n) is 5.92. The van der Waals surface area contributed by atoms with Gasteiger partial charge in [-0.15, -0.1) is 0 Å². The lowest BCUT2D eigenvalue weighted by Crippen LogP contribution is -2.19. The van der Waals surface area contributed by atoms with Gasteiger partial charge in [0.2, 0.25) is 0 Å². The summed E-state index contributed by atoms with van der Waals surface area (Å²) in [6, 6.07) is 16.3. The van der Waals surface area contributed by atoms with Gasteiger partial charge in [0.15, 0.2) is 0 Å². The van der Waals surface area contributed by atoms with Crippen molar-refractivity contribution in [3.63, 3.8) is 0 Å². The molecule has 0 heterocycles. The maximum Gasteiger partial charge on any atom is 0.104 e. The first-order chi connectivity index (χ1) is 9.64. The Morgan fingerprint density at radius 1 is 1.10 bits per heavy atom. The van der Waals surface area contributed by atoms with Gasteiger partial charge in [-0.3, -0.25) is 0 Å². The Morgan fingerprint density at radius 3 is 2.35 bits per heavy atom. The molecule has 0 saturated heterocycles. The summed E-state index contributed by atoms with van der Waals surface area (Å²) >= 11 is 0. The maximum atomic E-state index is 10.5. The second kappa shape index (κ2) is 5.04. The summed E-state index contributed by atoms with van der Waals surface area (Å²) in [5.74, 6) is 0. The molecule has 3 N–H and O–H groups in total. The van der Waals surface area contributed by atoms with Gasteiger partial charge in [-0.1, -0.05) is 54.1 Å². The zero-order valence-corrected chi connectivity index (χ0v) is 11.8. The molecule has 1 aliphatic rings. The van der Waals surface area contributed by atoms with Crippen LogP contribution in [0.25, 0.3) is 0 Å². The maximum absolute atomic E-state index is 10.5. The molecule has 0 radical (unpaired) electrons. The Morgan fingerprint density at radius 2 is 1.80 bits per heavy atom. The Balaban J connectivity index is 1.84. The minimum absolute atomic E-state index is 0.215. The van der Waals surface area contributed by atoms with E-state index in [-0.39, 0.29) is 5.41 Å². The van der Waals surface area contributed by atoms with Gasteiger partial charge in [0.25, 0.3) is 0 Å². The van der Waals surface area contributed by atoms with Crippen molar-refractivity contribution in [3.8, 4) is 0 Å². The van der Waals surface area contributed by atoms with Crippen LogP contribution in [0.1, 0.15) is 41.2 Å². The third-order valence-corrected chi connectivity index (χ3v) is 4.44. The van der Waals surface area contributed by atoms with Crippen molar-refractivity contribution < 1.29 is 5.11 Å². The van der Waals surface area contributed by atoms with Gasteiger partial charge in [-0.2, -0.15) is 0 Å². The molecule has 1 fully saturated rings. The standard InChI is InChI=1S/C18H21NO/c1-13-3-2-4-15(11-13)17(20)14-5-7-16(8-6-14)18(12-19)9-10-18/h2-8,11,17,20H,9-10,12,19H2,1H3. The van der Waals surface area contributed by atoms with E-state index < -0.39 is 6.10 Å². The van der Waals surface area contributed by atoms with E-state index in [0.29, 0.717) is 6.54 Å². The molecule has 2 aromatic carbocycles. The smallest absolute Gasteiger partial charge is 0.104 e. The van der Waals surface area contributed by atoms with Crippen LogP contribution >= 0.6 is 0 Å². The first-order valence-corrected chi connectivity index (χ1v) is 7.20. The van der Waals surface area contributed by atoms with E-state index in [1.54, 1.807) is 0 Å². The van der Waals surface area contributed by atoms with Crippen molar-refractivity contribution in [3.05, 3.63) is 70.8 Å². The molecule has 1 saturated carbocycles. The SMILES string of the molecule is Cc1cccc(C(O)c2ccc(C3(CN)CC3)cc2)c1. The molecule has 0 bridgehead atoms. The van der Waals surface area contributed by atoms with Gasteiger partial charge in [-0.05, 0) is 36.5 Å². The molecule has 0 aromatic heterocycles. The highest BCUT2D eigenvalue weighted by Gasteiger charge is 2.42. The van der Waals surface area contributed by atoms with Gasteiger partial charge < -0.3 is 10.8 Å². The van der Waals surface area contributed by atoms with E-state index >= 15 is 0 Å². The van der Waals surface area contributed by atoms with E-state index in [1.807, 2.05) is 43.3 Å². The Kier molecular flexibility index (Phi) is 3.36. The first kappa shape index (κ1) is 13.3. The highest BCUT2D eigenvalue weighted by molar-refractivity contribution is 5.38. The molecule has 2 nitrogen and oxygen atoms in total. The number of rotatable bonds is 4. The summed E-state index contributed by atoms with van der Waals surface area (Å²) in [6.45, 7) is 2.75. The Bertz CT molecular complexity index is 599. The minimum atomic E-state index is -0.558. The minimum Gasteiger partial charge on any atom is -0.384 e. The highest BCUT2D eigenvalue weighted by atomic mass is 16.3. The molecule has 1 unspecified atom stereocenters.